The Morgan fingerprint density at radius 2 is 1.53 bits per heavy atom. The minimum absolute atomic E-state index is 0.325. The second-order valence-electron chi connectivity index (χ2n) is 7.53. The summed E-state index contributed by atoms with van der Waals surface area (Å²) in [7, 11) is 0. The Balaban J connectivity index is 2.21. The molecule has 0 aliphatic heterocycles. The molecular formula is C26H38O6. The number of esters is 2. The molecule has 1 rings (SSSR count). The number of hydrogen-bond donors (Lipinski definition) is 0. The largest absolute Gasteiger partial charge is 0.490 e. The summed E-state index contributed by atoms with van der Waals surface area (Å²) in [6, 6.07) is 5.60. The van der Waals surface area contributed by atoms with Gasteiger partial charge in [-0.3, -0.25) is 0 Å². The number of rotatable bonds is 17. The van der Waals surface area contributed by atoms with Crippen LogP contribution in [0.5, 0.6) is 11.5 Å². The first-order chi connectivity index (χ1) is 15.5. The fourth-order valence-electron chi connectivity index (χ4n) is 2.81. The summed E-state index contributed by atoms with van der Waals surface area (Å²) < 4.78 is 21.6. The van der Waals surface area contributed by atoms with E-state index in [4.69, 9.17) is 18.9 Å². The van der Waals surface area contributed by atoms with E-state index in [0.29, 0.717) is 43.5 Å². The van der Waals surface area contributed by atoms with Crippen molar-refractivity contribution in [2.75, 3.05) is 26.4 Å². The summed E-state index contributed by atoms with van der Waals surface area (Å²) in [4.78, 5) is 23.2. The number of ether oxygens (including phenoxy) is 4. The predicted molar refractivity (Wildman–Crippen MR) is 127 cm³/mol. The van der Waals surface area contributed by atoms with E-state index in [1.165, 1.54) is 6.08 Å². The lowest BCUT2D eigenvalue weighted by Gasteiger charge is -2.12. The number of carbonyl (C=O) groups excluding carboxylic acids is 2. The smallest absolute Gasteiger partial charge is 0.333 e. The van der Waals surface area contributed by atoms with Crippen molar-refractivity contribution in [2.45, 2.75) is 65.7 Å². The van der Waals surface area contributed by atoms with E-state index in [0.717, 1.165) is 50.5 Å². The Kier molecular flexibility index (Phi) is 14.4. The molecule has 0 unspecified atom stereocenters. The molecule has 1 aromatic rings. The van der Waals surface area contributed by atoms with Crippen molar-refractivity contribution in [1.82, 2.24) is 0 Å². The Hall–Kier alpha value is -2.76. The number of unbranched alkanes of at least 4 members (excludes halogenated alkanes) is 5. The highest BCUT2D eigenvalue weighted by molar-refractivity contribution is 5.87. The average molecular weight is 447 g/mol. The van der Waals surface area contributed by atoms with Crippen LogP contribution in [0.2, 0.25) is 0 Å². The van der Waals surface area contributed by atoms with Crippen LogP contribution < -0.4 is 9.47 Å². The molecule has 0 spiro atoms. The van der Waals surface area contributed by atoms with Crippen molar-refractivity contribution < 1.29 is 28.5 Å². The van der Waals surface area contributed by atoms with Crippen LogP contribution in [-0.2, 0) is 19.1 Å². The summed E-state index contributed by atoms with van der Waals surface area (Å²) in [6.07, 6.45) is 9.90. The van der Waals surface area contributed by atoms with Crippen LogP contribution in [-0.4, -0.2) is 38.4 Å². The van der Waals surface area contributed by atoms with Crippen molar-refractivity contribution >= 4 is 18.0 Å². The van der Waals surface area contributed by atoms with E-state index < -0.39 is 0 Å². The van der Waals surface area contributed by atoms with Crippen LogP contribution in [0.3, 0.4) is 0 Å². The number of benzene rings is 1. The van der Waals surface area contributed by atoms with Crippen LogP contribution in [0.4, 0.5) is 0 Å². The fourth-order valence-corrected chi connectivity index (χ4v) is 2.81. The molecule has 1 aromatic carbocycles. The van der Waals surface area contributed by atoms with Gasteiger partial charge >= 0.3 is 11.9 Å². The minimum atomic E-state index is -0.353. The lowest BCUT2D eigenvalue weighted by atomic mass is 10.1. The lowest BCUT2D eigenvalue weighted by Crippen LogP contribution is -2.06. The fraction of sp³-hybridized carbons (Fsp3) is 0.538. The first kappa shape index (κ1) is 27.3. The Morgan fingerprint density at radius 3 is 2.16 bits per heavy atom. The van der Waals surface area contributed by atoms with E-state index in [1.807, 2.05) is 32.0 Å². The molecule has 0 saturated carbocycles. The maximum Gasteiger partial charge on any atom is 0.333 e. The molecule has 0 atom stereocenters. The van der Waals surface area contributed by atoms with Gasteiger partial charge in [-0.25, -0.2) is 9.59 Å². The zero-order valence-corrected chi connectivity index (χ0v) is 19.8. The first-order valence-electron chi connectivity index (χ1n) is 11.5. The van der Waals surface area contributed by atoms with E-state index >= 15 is 0 Å². The molecule has 0 aliphatic carbocycles. The molecule has 0 saturated heterocycles. The van der Waals surface area contributed by atoms with Gasteiger partial charge in [0.05, 0.1) is 26.4 Å². The maximum absolute atomic E-state index is 11.9. The van der Waals surface area contributed by atoms with Gasteiger partial charge in [0.25, 0.3) is 0 Å². The molecule has 0 radical (unpaired) electrons. The van der Waals surface area contributed by atoms with E-state index in [9.17, 15) is 9.59 Å². The molecule has 0 fully saturated rings. The van der Waals surface area contributed by atoms with Crippen LogP contribution in [0.15, 0.2) is 36.4 Å². The van der Waals surface area contributed by atoms with E-state index in [2.05, 4.69) is 6.58 Å². The van der Waals surface area contributed by atoms with Crippen molar-refractivity contribution in [1.29, 1.82) is 0 Å². The highest BCUT2D eigenvalue weighted by Crippen LogP contribution is 2.29. The highest BCUT2D eigenvalue weighted by atomic mass is 16.5. The third kappa shape index (κ3) is 12.2. The quantitative estimate of drug-likeness (QED) is 0.169. The van der Waals surface area contributed by atoms with Gasteiger partial charge in [-0.05, 0) is 56.9 Å². The predicted octanol–water partition coefficient (Wildman–Crippen LogP) is 5.89. The van der Waals surface area contributed by atoms with Gasteiger partial charge in [0.15, 0.2) is 11.5 Å². The Bertz CT molecular complexity index is 738. The summed E-state index contributed by atoms with van der Waals surface area (Å²) in [5.41, 5.74) is 1.28. The molecule has 0 bridgehead atoms. The molecular weight excluding hydrogens is 408 g/mol. The summed E-state index contributed by atoms with van der Waals surface area (Å²) in [5.74, 6) is 0.703. The van der Waals surface area contributed by atoms with Gasteiger partial charge in [-0.2, -0.15) is 0 Å². The van der Waals surface area contributed by atoms with Crippen molar-refractivity contribution in [3.8, 4) is 11.5 Å². The molecule has 0 aliphatic rings. The molecule has 0 heterocycles. The molecule has 6 nitrogen and oxygen atoms in total. The summed E-state index contributed by atoms with van der Waals surface area (Å²) in [5, 5.41) is 0. The monoisotopic (exact) mass is 446 g/mol. The van der Waals surface area contributed by atoms with Crippen molar-refractivity contribution in [3.63, 3.8) is 0 Å². The summed E-state index contributed by atoms with van der Waals surface area (Å²) in [6.45, 7) is 11.2. The molecule has 0 aromatic heterocycles. The standard InChI is InChI=1S/C26H38O6/c1-5-17-30-24-20-22(13-15-23(24)29-6-2)14-16-25(27)31-18-11-9-7-8-10-12-19-32-26(28)21(3)4/h13-16,20H,3,5-12,17-19H2,1-2,4H3/b16-14+. The van der Waals surface area contributed by atoms with E-state index in [1.54, 1.807) is 13.0 Å². The number of carbonyl (C=O) groups is 2. The average Bonchev–Trinajstić information content (AvgIpc) is 2.78. The minimum Gasteiger partial charge on any atom is -0.490 e. The maximum atomic E-state index is 11.9. The van der Waals surface area contributed by atoms with Gasteiger partial charge in [0.1, 0.15) is 0 Å². The second-order valence-corrected chi connectivity index (χ2v) is 7.53. The molecule has 0 amide bonds. The van der Waals surface area contributed by atoms with Gasteiger partial charge in [0, 0.05) is 11.6 Å². The molecule has 6 heteroatoms. The topological polar surface area (TPSA) is 71.1 Å². The zero-order chi connectivity index (χ0) is 23.6. The van der Waals surface area contributed by atoms with Crippen LogP contribution in [0, 0.1) is 0 Å². The Labute approximate surface area is 192 Å². The van der Waals surface area contributed by atoms with Crippen LogP contribution in [0.1, 0.15) is 71.3 Å². The van der Waals surface area contributed by atoms with Gasteiger partial charge in [0.2, 0.25) is 0 Å². The molecule has 178 valence electrons. The van der Waals surface area contributed by atoms with Gasteiger partial charge in [-0.1, -0.05) is 45.3 Å². The highest BCUT2D eigenvalue weighted by Gasteiger charge is 2.06. The zero-order valence-electron chi connectivity index (χ0n) is 19.8. The van der Waals surface area contributed by atoms with Gasteiger partial charge < -0.3 is 18.9 Å². The van der Waals surface area contributed by atoms with Gasteiger partial charge in [-0.15, -0.1) is 0 Å². The van der Waals surface area contributed by atoms with Crippen LogP contribution in [0.25, 0.3) is 6.08 Å². The summed E-state index contributed by atoms with van der Waals surface area (Å²) >= 11 is 0. The molecule has 32 heavy (non-hydrogen) atoms. The third-order valence-electron chi connectivity index (χ3n) is 4.51. The molecule has 0 N–H and O–H groups in total. The lowest BCUT2D eigenvalue weighted by molar-refractivity contribution is -0.139. The Morgan fingerprint density at radius 1 is 0.875 bits per heavy atom. The first-order valence-corrected chi connectivity index (χ1v) is 11.5. The third-order valence-corrected chi connectivity index (χ3v) is 4.51. The van der Waals surface area contributed by atoms with Crippen LogP contribution >= 0.6 is 0 Å². The van der Waals surface area contributed by atoms with Crippen molar-refractivity contribution in [3.05, 3.63) is 42.0 Å². The SMILES string of the molecule is C=C(C)C(=O)OCCCCCCCCOC(=O)/C=C/c1ccc(OCC)c(OCCC)c1. The van der Waals surface area contributed by atoms with Crippen molar-refractivity contribution in [2.24, 2.45) is 0 Å². The second kappa shape index (κ2) is 16.9. The van der Waals surface area contributed by atoms with E-state index in [-0.39, 0.29) is 11.9 Å². The normalized spacial score (nSPS) is 10.7. The number of hydrogen-bond acceptors (Lipinski definition) is 6.